The summed E-state index contributed by atoms with van der Waals surface area (Å²) >= 11 is 0. The average Bonchev–Trinajstić information content (AvgIpc) is 2.36. The minimum Gasteiger partial charge on any atom is -0.396 e. The van der Waals surface area contributed by atoms with Crippen molar-refractivity contribution in [2.45, 2.75) is 44.8 Å². The molecule has 6 heteroatoms. The topological polar surface area (TPSA) is 49.3 Å². The number of halogens is 3. The van der Waals surface area contributed by atoms with E-state index in [0.717, 1.165) is 12.1 Å². The van der Waals surface area contributed by atoms with Gasteiger partial charge in [-0.05, 0) is 44.9 Å². The van der Waals surface area contributed by atoms with Gasteiger partial charge in [0.05, 0.1) is 11.5 Å². The van der Waals surface area contributed by atoms with Gasteiger partial charge in [0.25, 0.3) is 0 Å². The molecule has 2 N–H and O–H groups in total. The summed E-state index contributed by atoms with van der Waals surface area (Å²) in [6.45, 7) is 5.13. The highest BCUT2D eigenvalue weighted by molar-refractivity contribution is 5.83. The zero-order chi connectivity index (χ0) is 16.3. The Kier molecular flexibility index (Phi) is 5.39. The lowest BCUT2D eigenvalue weighted by Crippen LogP contribution is -2.45. The first-order chi connectivity index (χ1) is 9.57. The molecule has 1 aromatic rings. The van der Waals surface area contributed by atoms with Crippen LogP contribution in [0.1, 0.15) is 44.2 Å². The molecule has 1 aromatic carbocycles. The summed E-state index contributed by atoms with van der Waals surface area (Å²) in [5.41, 5.74) is -0.786. The van der Waals surface area contributed by atoms with E-state index in [1.165, 1.54) is 12.1 Å². The van der Waals surface area contributed by atoms with Crippen LogP contribution in [0.15, 0.2) is 24.3 Å². The van der Waals surface area contributed by atoms with Crippen LogP contribution >= 0.6 is 0 Å². The Labute approximate surface area is 122 Å². The molecule has 0 aliphatic rings. The number of aliphatic hydroxyl groups excluding tert-OH is 1. The molecule has 118 valence electrons. The molecule has 0 heterocycles. The summed E-state index contributed by atoms with van der Waals surface area (Å²) in [5, 5.41) is 11.7. The monoisotopic (exact) mass is 303 g/mol. The van der Waals surface area contributed by atoms with Crippen molar-refractivity contribution in [3.05, 3.63) is 35.4 Å². The van der Waals surface area contributed by atoms with Crippen LogP contribution in [0.25, 0.3) is 0 Å². The molecule has 0 spiro atoms. The fraction of sp³-hybridized carbons (Fsp3) is 0.533. The van der Waals surface area contributed by atoms with Crippen LogP contribution < -0.4 is 5.32 Å². The van der Waals surface area contributed by atoms with Crippen LogP contribution in [0, 0.1) is 0 Å². The zero-order valence-corrected chi connectivity index (χ0v) is 12.3. The summed E-state index contributed by atoms with van der Waals surface area (Å²) < 4.78 is 37.5. The Hall–Kier alpha value is -1.56. The molecule has 21 heavy (non-hydrogen) atoms. The second kappa shape index (κ2) is 6.47. The second-order valence-electron chi connectivity index (χ2n) is 5.69. The summed E-state index contributed by atoms with van der Waals surface area (Å²) in [7, 11) is 0. The average molecular weight is 303 g/mol. The minimum atomic E-state index is -4.38. The van der Waals surface area contributed by atoms with Gasteiger partial charge in [-0.3, -0.25) is 4.79 Å². The van der Waals surface area contributed by atoms with Gasteiger partial charge < -0.3 is 10.4 Å². The molecule has 0 saturated carbocycles. The number of benzene rings is 1. The van der Waals surface area contributed by atoms with E-state index in [1.54, 1.807) is 20.8 Å². The highest BCUT2D eigenvalue weighted by Gasteiger charge is 2.30. The maximum absolute atomic E-state index is 12.5. The van der Waals surface area contributed by atoms with Crippen LogP contribution in [0.3, 0.4) is 0 Å². The SMILES string of the molecule is CC(C(=O)NC(C)(C)CCO)c1ccc(C(F)(F)F)cc1. The standard InChI is InChI=1S/C15H20F3NO2/c1-10(13(21)19-14(2,3)8-9-20)11-4-6-12(7-5-11)15(16,17)18/h4-7,10,20H,8-9H2,1-3H3,(H,19,21). The van der Waals surface area contributed by atoms with E-state index in [4.69, 9.17) is 5.11 Å². The van der Waals surface area contributed by atoms with Gasteiger partial charge in [-0.1, -0.05) is 12.1 Å². The lowest BCUT2D eigenvalue weighted by atomic mass is 9.95. The minimum absolute atomic E-state index is 0.0536. The first-order valence-electron chi connectivity index (χ1n) is 6.67. The van der Waals surface area contributed by atoms with Gasteiger partial charge in [-0.25, -0.2) is 0 Å². The number of hydrogen-bond donors (Lipinski definition) is 2. The predicted molar refractivity (Wildman–Crippen MR) is 73.8 cm³/mol. The van der Waals surface area contributed by atoms with Crippen LogP contribution in [0.4, 0.5) is 13.2 Å². The summed E-state index contributed by atoms with van der Waals surface area (Å²) in [6.07, 6.45) is -3.98. The molecule has 0 saturated heterocycles. The van der Waals surface area contributed by atoms with E-state index in [0.29, 0.717) is 12.0 Å². The van der Waals surface area contributed by atoms with E-state index in [1.807, 2.05) is 0 Å². The van der Waals surface area contributed by atoms with E-state index < -0.39 is 23.2 Å². The van der Waals surface area contributed by atoms with E-state index in [-0.39, 0.29) is 12.5 Å². The summed E-state index contributed by atoms with van der Waals surface area (Å²) in [6, 6.07) is 4.56. The van der Waals surface area contributed by atoms with Crippen molar-refractivity contribution in [3.8, 4) is 0 Å². The third-order valence-corrected chi connectivity index (χ3v) is 3.33. The fourth-order valence-corrected chi connectivity index (χ4v) is 1.90. The molecule has 0 bridgehead atoms. The van der Waals surface area contributed by atoms with Gasteiger partial charge in [0.1, 0.15) is 0 Å². The van der Waals surface area contributed by atoms with Crippen LogP contribution in [-0.2, 0) is 11.0 Å². The third kappa shape index (κ3) is 5.04. The van der Waals surface area contributed by atoms with E-state index in [9.17, 15) is 18.0 Å². The third-order valence-electron chi connectivity index (χ3n) is 3.33. The smallest absolute Gasteiger partial charge is 0.396 e. The first-order valence-corrected chi connectivity index (χ1v) is 6.67. The Morgan fingerprint density at radius 3 is 2.19 bits per heavy atom. The van der Waals surface area contributed by atoms with Crippen molar-refractivity contribution in [2.24, 2.45) is 0 Å². The van der Waals surface area contributed by atoms with E-state index in [2.05, 4.69) is 5.32 Å². The molecule has 1 atom stereocenters. The van der Waals surface area contributed by atoms with Crippen molar-refractivity contribution in [3.63, 3.8) is 0 Å². The lowest BCUT2D eigenvalue weighted by Gasteiger charge is -2.27. The summed E-state index contributed by atoms with van der Waals surface area (Å²) in [4.78, 5) is 12.1. The molecule has 0 radical (unpaired) electrons. The zero-order valence-electron chi connectivity index (χ0n) is 12.3. The lowest BCUT2D eigenvalue weighted by molar-refractivity contribution is -0.137. The van der Waals surface area contributed by atoms with Crippen molar-refractivity contribution in [1.29, 1.82) is 0 Å². The quantitative estimate of drug-likeness (QED) is 0.878. The first kappa shape index (κ1) is 17.5. The molecule has 0 aliphatic heterocycles. The van der Waals surface area contributed by atoms with Gasteiger partial charge >= 0.3 is 6.18 Å². The molecule has 1 unspecified atom stereocenters. The summed E-state index contributed by atoms with van der Waals surface area (Å²) in [5.74, 6) is -0.849. The largest absolute Gasteiger partial charge is 0.416 e. The molecule has 1 amide bonds. The fourth-order valence-electron chi connectivity index (χ4n) is 1.90. The Balaban J connectivity index is 2.79. The number of carbonyl (C=O) groups excluding carboxylic acids is 1. The predicted octanol–water partition coefficient (Wildman–Crippen LogP) is 3.09. The van der Waals surface area contributed by atoms with Gasteiger partial charge in [0.2, 0.25) is 5.91 Å². The van der Waals surface area contributed by atoms with Crippen molar-refractivity contribution >= 4 is 5.91 Å². The highest BCUT2D eigenvalue weighted by Crippen LogP contribution is 2.30. The highest BCUT2D eigenvalue weighted by atomic mass is 19.4. The molecular formula is C15H20F3NO2. The number of rotatable bonds is 5. The van der Waals surface area contributed by atoms with Gasteiger partial charge in [0, 0.05) is 12.1 Å². The molecule has 0 aliphatic carbocycles. The Bertz CT molecular complexity index is 481. The van der Waals surface area contributed by atoms with Crippen LogP contribution in [0.2, 0.25) is 0 Å². The second-order valence-corrected chi connectivity index (χ2v) is 5.69. The number of carbonyl (C=O) groups is 1. The normalized spacial score (nSPS) is 13.9. The van der Waals surface area contributed by atoms with Crippen LogP contribution in [0.5, 0.6) is 0 Å². The van der Waals surface area contributed by atoms with Gasteiger partial charge in [-0.15, -0.1) is 0 Å². The number of hydrogen-bond acceptors (Lipinski definition) is 2. The Morgan fingerprint density at radius 2 is 1.76 bits per heavy atom. The molecule has 0 fully saturated rings. The van der Waals surface area contributed by atoms with Crippen LogP contribution in [-0.4, -0.2) is 23.2 Å². The van der Waals surface area contributed by atoms with Gasteiger partial charge in [0.15, 0.2) is 0 Å². The molecule has 0 aromatic heterocycles. The van der Waals surface area contributed by atoms with Crippen molar-refractivity contribution in [1.82, 2.24) is 5.32 Å². The van der Waals surface area contributed by atoms with Crippen molar-refractivity contribution < 1.29 is 23.1 Å². The number of alkyl halides is 3. The Morgan fingerprint density at radius 1 is 1.24 bits per heavy atom. The van der Waals surface area contributed by atoms with E-state index >= 15 is 0 Å². The molecule has 1 rings (SSSR count). The van der Waals surface area contributed by atoms with Gasteiger partial charge in [-0.2, -0.15) is 13.2 Å². The van der Waals surface area contributed by atoms with Crippen molar-refractivity contribution in [2.75, 3.05) is 6.61 Å². The number of amides is 1. The number of nitrogens with one attached hydrogen (secondary N) is 1. The maximum atomic E-state index is 12.5. The number of aliphatic hydroxyl groups is 1. The molecule has 3 nitrogen and oxygen atoms in total. The maximum Gasteiger partial charge on any atom is 0.416 e. The molecular weight excluding hydrogens is 283 g/mol.